The SMILES string of the molecule is CCOc1ccccc1-n1nnnc1SCCN. The molecular weight excluding hydrogens is 250 g/mol. The van der Waals surface area contributed by atoms with Gasteiger partial charge in [-0.1, -0.05) is 23.9 Å². The topological polar surface area (TPSA) is 78.8 Å². The second-order valence-electron chi connectivity index (χ2n) is 3.41. The number of benzene rings is 1. The molecule has 1 aromatic heterocycles. The summed E-state index contributed by atoms with van der Waals surface area (Å²) < 4.78 is 7.24. The molecule has 1 aromatic carbocycles. The van der Waals surface area contributed by atoms with Crippen molar-refractivity contribution in [3.63, 3.8) is 0 Å². The minimum atomic E-state index is 0.588. The zero-order valence-electron chi connectivity index (χ0n) is 10.1. The van der Waals surface area contributed by atoms with Gasteiger partial charge in [0.25, 0.3) is 0 Å². The van der Waals surface area contributed by atoms with Crippen LogP contribution in [0.2, 0.25) is 0 Å². The van der Waals surface area contributed by atoms with Crippen molar-refractivity contribution in [3.05, 3.63) is 24.3 Å². The highest BCUT2D eigenvalue weighted by atomic mass is 32.2. The van der Waals surface area contributed by atoms with Crippen LogP contribution in [0.25, 0.3) is 5.69 Å². The van der Waals surface area contributed by atoms with Crippen molar-refractivity contribution in [1.29, 1.82) is 0 Å². The minimum absolute atomic E-state index is 0.588. The number of aromatic nitrogens is 4. The highest BCUT2D eigenvalue weighted by molar-refractivity contribution is 7.99. The van der Waals surface area contributed by atoms with Crippen LogP contribution in [0.1, 0.15) is 6.92 Å². The first-order valence-corrected chi connectivity index (χ1v) is 6.68. The Bertz CT molecular complexity index is 502. The van der Waals surface area contributed by atoms with Crippen molar-refractivity contribution in [2.75, 3.05) is 18.9 Å². The van der Waals surface area contributed by atoms with Crippen molar-refractivity contribution < 1.29 is 4.74 Å². The summed E-state index contributed by atoms with van der Waals surface area (Å²) in [6.45, 7) is 3.13. The summed E-state index contributed by atoms with van der Waals surface area (Å²) >= 11 is 1.52. The van der Waals surface area contributed by atoms with Gasteiger partial charge < -0.3 is 10.5 Å². The zero-order chi connectivity index (χ0) is 12.8. The molecule has 2 N–H and O–H groups in total. The number of rotatable bonds is 6. The van der Waals surface area contributed by atoms with Crippen molar-refractivity contribution in [1.82, 2.24) is 20.2 Å². The van der Waals surface area contributed by atoms with E-state index < -0.39 is 0 Å². The smallest absolute Gasteiger partial charge is 0.214 e. The predicted molar refractivity (Wildman–Crippen MR) is 70.1 cm³/mol. The number of thioether (sulfide) groups is 1. The van der Waals surface area contributed by atoms with Gasteiger partial charge in [0.1, 0.15) is 11.4 Å². The van der Waals surface area contributed by atoms with Crippen LogP contribution < -0.4 is 10.5 Å². The quantitative estimate of drug-likeness (QED) is 0.788. The molecule has 0 fully saturated rings. The molecule has 0 aliphatic carbocycles. The Hall–Kier alpha value is -1.60. The van der Waals surface area contributed by atoms with Crippen LogP contribution in [0.15, 0.2) is 29.4 Å². The first-order valence-electron chi connectivity index (χ1n) is 5.70. The fourth-order valence-electron chi connectivity index (χ4n) is 1.48. The van der Waals surface area contributed by atoms with Crippen LogP contribution in [-0.4, -0.2) is 39.1 Å². The predicted octanol–water partition coefficient (Wildman–Crippen LogP) is 1.11. The summed E-state index contributed by atoms with van der Waals surface area (Å²) in [6, 6.07) is 7.67. The first kappa shape index (κ1) is 12.8. The van der Waals surface area contributed by atoms with E-state index in [2.05, 4.69) is 15.5 Å². The maximum absolute atomic E-state index is 5.57. The lowest BCUT2D eigenvalue weighted by molar-refractivity contribution is 0.337. The second-order valence-corrected chi connectivity index (χ2v) is 4.47. The van der Waals surface area contributed by atoms with Gasteiger partial charge in [0.2, 0.25) is 5.16 Å². The van der Waals surface area contributed by atoms with Gasteiger partial charge in [0.15, 0.2) is 0 Å². The summed E-state index contributed by atoms with van der Waals surface area (Å²) in [5.74, 6) is 1.54. The van der Waals surface area contributed by atoms with Gasteiger partial charge in [-0.15, -0.1) is 5.10 Å². The molecule has 2 rings (SSSR count). The lowest BCUT2D eigenvalue weighted by Gasteiger charge is -2.10. The van der Waals surface area contributed by atoms with Gasteiger partial charge in [-0.05, 0) is 29.5 Å². The average Bonchev–Trinajstić information content (AvgIpc) is 2.85. The number of para-hydroxylation sites is 2. The molecule has 0 unspecified atom stereocenters. The molecule has 0 bridgehead atoms. The van der Waals surface area contributed by atoms with Gasteiger partial charge in [-0.3, -0.25) is 0 Å². The van der Waals surface area contributed by atoms with Gasteiger partial charge >= 0.3 is 0 Å². The Balaban J connectivity index is 2.33. The van der Waals surface area contributed by atoms with Crippen LogP contribution in [-0.2, 0) is 0 Å². The Morgan fingerprint density at radius 1 is 1.39 bits per heavy atom. The van der Waals surface area contributed by atoms with Crippen LogP contribution in [0.3, 0.4) is 0 Å². The summed E-state index contributed by atoms with van der Waals surface area (Å²) in [5.41, 5.74) is 6.33. The van der Waals surface area contributed by atoms with Gasteiger partial charge in [0, 0.05) is 12.3 Å². The Labute approximate surface area is 110 Å². The first-order chi connectivity index (χ1) is 8.86. The minimum Gasteiger partial charge on any atom is -0.492 e. The molecular formula is C11H15N5OS. The summed E-state index contributed by atoms with van der Waals surface area (Å²) in [6.07, 6.45) is 0. The van der Waals surface area contributed by atoms with Crippen molar-refractivity contribution >= 4 is 11.8 Å². The van der Waals surface area contributed by atoms with E-state index in [0.717, 1.165) is 17.2 Å². The normalized spacial score (nSPS) is 10.6. The van der Waals surface area contributed by atoms with Gasteiger partial charge in [-0.25, -0.2) is 0 Å². The zero-order valence-corrected chi connectivity index (χ0v) is 10.9. The Morgan fingerprint density at radius 3 is 3.00 bits per heavy atom. The number of tetrazole rings is 1. The molecule has 1 heterocycles. The number of hydrogen-bond acceptors (Lipinski definition) is 6. The molecule has 6 nitrogen and oxygen atoms in total. The maximum atomic E-state index is 5.57. The third-order valence-electron chi connectivity index (χ3n) is 2.18. The van der Waals surface area contributed by atoms with E-state index >= 15 is 0 Å². The molecule has 0 spiro atoms. The molecule has 0 radical (unpaired) electrons. The number of nitrogens with zero attached hydrogens (tertiary/aromatic N) is 4. The number of ether oxygens (including phenoxy) is 1. The molecule has 2 aromatic rings. The molecule has 0 aliphatic rings. The molecule has 0 aliphatic heterocycles. The highest BCUT2D eigenvalue weighted by Gasteiger charge is 2.12. The standard InChI is InChI=1S/C11H15N5OS/c1-2-17-10-6-4-3-5-9(10)16-11(13-14-15-16)18-8-7-12/h3-6H,2,7-8,12H2,1H3. The molecule has 0 amide bonds. The number of hydrogen-bond donors (Lipinski definition) is 1. The monoisotopic (exact) mass is 265 g/mol. The van der Waals surface area contributed by atoms with E-state index in [1.54, 1.807) is 4.68 Å². The fraction of sp³-hybridized carbons (Fsp3) is 0.364. The molecule has 0 saturated carbocycles. The summed E-state index contributed by atoms with van der Waals surface area (Å²) in [4.78, 5) is 0. The molecule has 18 heavy (non-hydrogen) atoms. The molecule has 0 atom stereocenters. The van der Waals surface area contributed by atoms with E-state index in [4.69, 9.17) is 10.5 Å². The van der Waals surface area contributed by atoms with Crippen LogP contribution >= 0.6 is 11.8 Å². The molecule has 7 heteroatoms. The number of nitrogens with two attached hydrogens (primary N) is 1. The maximum Gasteiger partial charge on any atom is 0.214 e. The molecule has 0 saturated heterocycles. The van der Waals surface area contributed by atoms with Crippen LogP contribution in [0.4, 0.5) is 0 Å². The average molecular weight is 265 g/mol. The fourth-order valence-corrected chi connectivity index (χ4v) is 2.13. The summed E-state index contributed by atoms with van der Waals surface area (Å²) in [5, 5.41) is 12.4. The second kappa shape index (κ2) is 6.36. The van der Waals surface area contributed by atoms with Crippen LogP contribution in [0.5, 0.6) is 5.75 Å². The Morgan fingerprint density at radius 2 is 2.22 bits per heavy atom. The third kappa shape index (κ3) is 2.80. The van der Waals surface area contributed by atoms with Crippen molar-refractivity contribution in [2.45, 2.75) is 12.1 Å². The van der Waals surface area contributed by atoms with E-state index in [9.17, 15) is 0 Å². The van der Waals surface area contributed by atoms with Crippen molar-refractivity contribution in [2.24, 2.45) is 5.73 Å². The lowest BCUT2D eigenvalue weighted by atomic mass is 10.3. The van der Waals surface area contributed by atoms with Gasteiger partial charge in [0.05, 0.1) is 6.61 Å². The van der Waals surface area contributed by atoms with Crippen molar-refractivity contribution in [3.8, 4) is 11.4 Å². The lowest BCUT2D eigenvalue weighted by Crippen LogP contribution is -2.06. The third-order valence-corrected chi connectivity index (χ3v) is 3.14. The van der Waals surface area contributed by atoms with E-state index in [0.29, 0.717) is 18.3 Å². The van der Waals surface area contributed by atoms with E-state index in [-0.39, 0.29) is 0 Å². The van der Waals surface area contributed by atoms with E-state index in [1.165, 1.54) is 11.8 Å². The molecule has 96 valence electrons. The largest absolute Gasteiger partial charge is 0.492 e. The highest BCUT2D eigenvalue weighted by Crippen LogP contribution is 2.25. The van der Waals surface area contributed by atoms with E-state index in [1.807, 2.05) is 31.2 Å². The Kier molecular flexibility index (Phi) is 4.54. The van der Waals surface area contributed by atoms with Crippen LogP contribution in [0, 0.1) is 0 Å². The van der Waals surface area contributed by atoms with Gasteiger partial charge in [-0.2, -0.15) is 4.68 Å². The summed E-state index contributed by atoms with van der Waals surface area (Å²) in [7, 11) is 0.